The molecule has 0 saturated heterocycles. The van der Waals surface area contributed by atoms with Crippen LogP contribution in [0.2, 0.25) is 5.02 Å². The van der Waals surface area contributed by atoms with Crippen LogP contribution < -0.4 is 16.2 Å². The van der Waals surface area contributed by atoms with E-state index in [9.17, 15) is 9.59 Å². The number of ether oxygens (including phenoxy) is 1. The molecule has 1 heterocycles. The first-order chi connectivity index (χ1) is 14.2. The van der Waals surface area contributed by atoms with Gasteiger partial charge < -0.3 is 35.3 Å². The van der Waals surface area contributed by atoms with Crippen molar-refractivity contribution in [2.24, 2.45) is 11.7 Å². The third kappa shape index (κ3) is 6.19. The topological polar surface area (TPSA) is 168 Å². The molecule has 1 aromatic carbocycles. The van der Waals surface area contributed by atoms with Crippen molar-refractivity contribution in [3.8, 4) is 5.75 Å². The number of benzene rings is 1. The summed E-state index contributed by atoms with van der Waals surface area (Å²) in [6.07, 6.45) is 3.41. The lowest BCUT2D eigenvalue weighted by molar-refractivity contribution is -0.137. The summed E-state index contributed by atoms with van der Waals surface area (Å²) in [6, 6.07) is 3.18. The van der Waals surface area contributed by atoms with Gasteiger partial charge in [-0.1, -0.05) is 18.0 Å². The van der Waals surface area contributed by atoms with E-state index in [0.717, 1.165) is 0 Å². The number of aliphatic hydroxyl groups excluding tert-OH is 3. The Morgan fingerprint density at radius 2 is 1.90 bits per heavy atom. The number of carboxylic acid groups (broad SMARTS) is 1. The van der Waals surface area contributed by atoms with E-state index in [1.54, 1.807) is 12.1 Å². The van der Waals surface area contributed by atoms with Crippen molar-refractivity contribution >= 4 is 28.7 Å². The van der Waals surface area contributed by atoms with Crippen molar-refractivity contribution in [2.75, 3.05) is 26.4 Å². The fraction of sp³-hybridized carbons (Fsp3) is 0.579. The molecule has 0 atom stereocenters. The molecule has 1 fully saturated rings. The van der Waals surface area contributed by atoms with Gasteiger partial charge in [0.05, 0.1) is 48.9 Å². The van der Waals surface area contributed by atoms with Gasteiger partial charge in [-0.15, -0.1) is 0 Å². The molecule has 1 aromatic heterocycles. The zero-order valence-corrected chi connectivity index (χ0v) is 17.2. The number of hydrogen-bond donors (Lipinski definition) is 5. The van der Waals surface area contributed by atoms with Crippen LogP contribution in [-0.2, 0) is 11.3 Å². The molecule has 1 saturated carbocycles. The Bertz CT molecular complexity index is 894. The van der Waals surface area contributed by atoms with Gasteiger partial charge in [0.15, 0.2) is 5.58 Å². The molecule has 0 radical (unpaired) electrons. The molecule has 0 spiro atoms. The highest BCUT2D eigenvalue weighted by Crippen LogP contribution is 2.32. The predicted octanol–water partition coefficient (Wildman–Crippen LogP) is 0.562. The van der Waals surface area contributed by atoms with Crippen molar-refractivity contribution in [2.45, 2.75) is 37.8 Å². The average molecular weight is 447 g/mol. The molecule has 0 bridgehead atoms. The van der Waals surface area contributed by atoms with Crippen molar-refractivity contribution < 1.29 is 34.4 Å². The Hall–Kier alpha value is -2.11. The van der Waals surface area contributed by atoms with Crippen LogP contribution in [0.3, 0.4) is 0 Å². The van der Waals surface area contributed by atoms with Gasteiger partial charge in [-0.25, -0.2) is 4.79 Å². The highest BCUT2D eigenvalue weighted by atomic mass is 35.5. The van der Waals surface area contributed by atoms with Crippen molar-refractivity contribution in [1.29, 1.82) is 0 Å². The quantitative estimate of drug-likeness (QED) is 0.369. The average Bonchev–Trinajstić information content (AvgIpc) is 2.99. The third-order valence-corrected chi connectivity index (χ3v) is 5.21. The minimum Gasteiger partial charge on any atom is -0.492 e. The molecule has 10 nitrogen and oxygen atoms in total. The number of aromatic nitrogens is 1. The highest BCUT2D eigenvalue weighted by Gasteiger charge is 2.21. The van der Waals surface area contributed by atoms with Gasteiger partial charge in [-0.2, -0.15) is 0 Å². The molecule has 6 N–H and O–H groups in total. The van der Waals surface area contributed by atoms with Crippen LogP contribution in [-0.4, -0.2) is 62.9 Å². The molecule has 168 valence electrons. The maximum atomic E-state index is 11.8. The molecule has 30 heavy (non-hydrogen) atoms. The lowest BCUT2D eigenvalue weighted by Crippen LogP contribution is -2.50. The number of oxazole rings is 1. The second-order valence-electron chi connectivity index (χ2n) is 7.36. The minimum atomic E-state index is -1.21. The van der Waals surface area contributed by atoms with E-state index >= 15 is 0 Å². The monoisotopic (exact) mass is 446 g/mol. The standard InChI is InChI=1S/C15H16ClNO5.C4H11NO3/c16-10-6-11-13(7-12(10)21-8-9-2-1-3-9)22-15(20)17(11)5-4-14(18)19;5-4(1-6,2-7)3-8/h6-7,9H,1-5,8H2,(H,18,19);6-8H,1-3,5H2. The zero-order valence-electron chi connectivity index (χ0n) is 16.4. The summed E-state index contributed by atoms with van der Waals surface area (Å²) in [4.78, 5) is 22.5. The minimum absolute atomic E-state index is 0.0414. The number of fused-ring (bicyclic) bond motifs is 1. The lowest BCUT2D eigenvalue weighted by Gasteiger charge is -2.25. The number of hydrogen-bond acceptors (Lipinski definition) is 8. The van der Waals surface area contributed by atoms with Crippen molar-refractivity contribution in [3.05, 3.63) is 27.7 Å². The normalized spacial score (nSPS) is 14.2. The number of nitrogens with two attached hydrogens (primary N) is 1. The highest BCUT2D eigenvalue weighted by molar-refractivity contribution is 6.32. The lowest BCUT2D eigenvalue weighted by atomic mass is 9.86. The van der Waals surface area contributed by atoms with Crippen LogP contribution in [0.4, 0.5) is 0 Å². The van der Waals surface area contributed by atoms with Gasteiger partial charge in [-0.3, -0.25) is 9.36 Å². The first kappa shape index (κ1) is 24.2. The summed E-state index contributed by atoms with van der Waals surface area (Å²) in [6.45, 7) is -0.561. The van der Waals surface area contributed by atoms with E-state index in [4.69, 9.17) is 46.9 Å². The van der Waals surface area contributed by atoms with E-state index in [-0.39, 0.29) is 13.0 Å². The third-order valence-electron chi connectivity index (χ3n) is 4.92. The fourth-order valence-corrected chi connectivity index (χ4v) is 2.82. The number of rotatable bonds is 9. The smallest absolute Gasteiger partial charge is 0.419 e. The molecule has 1 aliphatic carbocycles. The maximum absolute atomic E-state index is 11.8. The molecule has 0 unspecified atom stereocenters. The first-order valence-electron chi connectivity index (χ1n) is 9.52. The summed E-state index contributed by atoms with van der Waals surface area (Å²) in [7, 11) is 0. The summed E-state index contributed by atoms with van der Waals surface area (Å²) in [5.41, 5.74) is 4.77. The molecule has 1 aliphatic rings. The van der Waals surface area contributed by atoms with E-state index < -0.39 is 37.1 Å². The molecule has 11 heteroatoms. The molecule has 2 aromatic rings. The Morgan fingerprint density at radius 3 is 2.37 bits per heavy atom. The Labute approximate surface area is 177 Å². The van der Waals surface area contributed by atoms with Crippen LogP contribution in [0, 0.1) is 5.92 Å². The second-order valence-corrected chi connectivity index (χ2v) is 7.77. The molecule has 3 rings (SSSR count). The second kappa shape index (κ2) is 10.8. The van der Waals surface area contributed by atoms with Gasteiger partial charge in [0.25, 0.3) is 0 Å². The number of aryl methyl sites for hydroxylation is 1. The van der Waals surface area contributed by atoms with Crippen molar-refractivity contribution in [3.63, 3.8) is 0 Å². The Balaban J connectivity index is 0.000000343. The summed E-state index contributed by atoms with van der Waals surface area (Å²) in [5.74, 6) is -0.518. The number of nitrogens with zero attached hydrogens (tertiary/aromatic N) is 1. The van der Waals surface area contributed by atoms with Crippen LogP contribution >= 0.6 is 11.6 Å². The van der Waals surface area contributed by atoms with E-state index in [2.05, 4.69) is 0 Å². The van der Waals surface area contributed by atoms with Gasteiger partial charge in [0, 0.05) is 12.6 Å². The fourth-order valence-electron chi connectivity index (χ4n) is 2.61. The van der Waals surface area contributed by atoms with E-state index in [1.807, 2.05) is 0 Å². The molecule has 0 amide bonds. The van der Waals surface area contributed by atoms with E-state index in [0.29, 0.717) is 34.4 Å². The van der Waals surface area contributed by atoms with Gasteiger partial charge in [0.1, 0.15) is 5.75 Å². The van der Waals surface area contributed by atoms with Gasteiger partial charge >= 0.3 is 11.7 Å². The number of carboxylic acids is 1. The summed E-state index contributed by atoms with van der Waals surface area (Å²) < 4.78 is 12.1. The Kier molecular flexibility index (Phi) is 8.68. The molecular formula is C19H27ClN2O8. The maximum Gasteiger partial charge on any atom is 0.419 e. The van der Waals surface area contributed by atoms with Crippen LogP contribution in [0.5, 0.6) is 5.75 Å². The molecular weight excluding hydrogens is 420 g/mol. The van der Waals surface area contributed by atoms with Crippen LogP contribution in [0.25, 0.3) is 11.1 Å². The predicted molar refractivity (Wildman–Crippen MR) is 109 cm³/mol. The Morgan fingerprint density at radius 1 is 1.27 bits per heavy atom. The largest absolute Gasteiger partial charge is 0.492 e. The van der Waals surface area contributed by atoms with Crippen LogP contribution in [0.15, 0.2) is 21.3 Å². The zero-order chi connectivity index (χ0) is 22.3. The summed E-state index contributed by atoms with van der Waals surface area (Å²) in [5, 5.41) is 34.1. The number of halogens is 1. The molecule has 0 aliphatic heterocycles. The SMILES string of the molecule is NC(CO)(CO)CO.O=C(O)CCn1c(=O)oc2cc(OCC3CCC3)c(Cl)cc21. The first-order valence-corrected chi connectivity index (χ1v) is 9.89. The van der Waals surface area contributed by atoms with E-state index in [1.165, 1.54) is 23.8 Å². The van der Waals surface area contributed by atoms with Gasteiger partial charge in [0.2, 0.25) is 0 Å². The summed E-state index contributed by atoms with van der Waals surface area (Å²) >= 11 is 6.19. The van der Waals surface area contributed by atoms with Gasteiger partial charge in [-0.05, 0) is 24.8 Å². The van der Waals surface area contributed by atoms with Crippen LogP contribution in [0.1, 0.15) is 25.7 Å². The number of aliphatic carboxylic acids is 1. The number of carbonyl (C=O) groups is 1. The van der Waals surface area contributed by atoms with Crippen molar-refractivity contribution in [1.82, 2.24) is 4.57 Å². The number of aliphatic hydroxyl groups is 3.